The summed E-state index contributed by atoms with van der Waals surface area (Å²) in [6, 6.07) is -0.892. The lowest BCUT2D eigenvalue weighted by Crippen LogP contribution is -2.52. The van der Waals surface area contributed by atoms with Gasteiger partial charge in [0.15, 0.2) is 0 Å². The van der Waals surface area contributed by atoms with Gasteiger partial charge in [-0.1, -0.05) is 13.3 Å². The normalized spacial score (nSPS) is 13.5. The van der Waals surface area contributed by atoms with Crippen LogP contribution in [-0.4, -0.2) is 126 Å². The van der Waals surface area contributed by atoms with Crippen molar-refractivity contribution in [2.45, 2.75) is 245 Å². The van der Waals surface area contributed by atoms with Crippen LogP contribution in [0.4, 0.5) is 0 Å². The van der Waals surface area contributed by atoms with Crippen LogP contribution in [0.2, 0.25) is 0 Å². The maximum atomic E-state index is 13.3. The highest BCUT2D eigenvalue weighted by molar-refractivity contribution is 5.90. The third-order valence-electron chi connectivity index (χ3n) is 10.3. The maximum Gasteiger partial charge on any atom is 0.243 e. The van der Waals surface area contributed by atoms with Crippen LogP contribution in [-0.2, 0) is 42.9 Å². The molecular weight excluding hydrogens is 871 g/mol. The molecule has 0 saturated heterocycles. The molecule has 0 radical (unpaired) electrons. The van der Waals surface area contributed by atoms with Crippen LogP contribution in [0.1, 0.15) is 195 Å². The highest BCUT2D eigenvalue weighted by atomic mass is 16.5. The lowest BCUT2D eigenvalue weighted by molar-refractivity contribution is -0.133. The average molecular weight is 974 g/mol. The van der Waals surface area contributed by atoms with Crippen molar-refractivity contribution in [3.05, 3.63) is 0 Å². The van der Waals surface area contributed by atoms with Gasteiger partial charge in [0.2, 0.25) is 29.5 Å². The quantitative estimate of drug-likeness (QED) is 0.0308. The van der Waals surface area contributed by atoms with E-state index >= 15 is 0 Å². The van der Waals surface area contributed by atoms with Crippen molar-refractivity contribution in [1.29, 1.82) is 0 Å². The van der Waals surface area contributed by atoms with Gasteiger partial charge in [0.25, 0.3) is 0 Å². The third-order valence-corrected chi connectivity index (χ3v) is 10.3. The molecule has 402 valence electrons. The smallest absolute Gasteiger partial charge is 0.243 e. The van der Waals surface area contributed by atoms with E-state index in [9.17, 15) is 24.0 Å². The second kappa shape index (κ2) is 30.7. The lowest BCUT2D eigenvalue weighted by atomic mass is 10.0. The van der Waals surface area contributed by atoms with E-state index in [1.807, 2.05) is 96.9 Å². The molecule has 5 amide bonds. The zero-order chi connectivity index (χ0) is 53.3. The largest absolute Gasteiger partial charge is 0.375 e. The number of hydrogen-bond acceptors (Lipinski definition) is 13. The van der Waals surface area contributed by atoms with E-state index in [0.29, 0.717) is 77.9 Å². The van der Waals surface area contributed by atoms with E-state index in [1.54, 1.807) is 13.8 Å². The number of unbranched alkanes of at least 4 members (excludes halogenated alkanes) is 2. The van der Waals surface area contributed by atoms with Crippen molar-refractivity contribution < 1.29 is 42.9 Å². The molecule has 0 aromatic carbocycles. The second-order valence-corrected chi connectivity index (χ2v) is 23.6. The van der Waals surface area contributed by atoms with E-state index < -0.39 is 45.6 Å². The third kappa shape index (κ3) is 43.1. The first-order valence-corrected chi connectivity index (χ1v) is 24.8. The first-order chi connectivity index (χ1) is 30.7. The van der Waals surface area contributed by atoms with Gasteiger partial charge in [-0.05, 0) is 162 Å². The summed E-state index contributed by atoms with van der Waals surface area (Å²) >= 11 is 0. The zero-order valence-corrected chi connectivity index (χ0v) is 46.0. The number of nitrogens with two attached hydrogens (primary N) is 4. The molecule has 18 nitrogen and oxygen atoms in total. The summed E-state index contributed by atoms with van der Waals surface area (Å²) in [5.74, 6) is -1.30. The van der Waals surface area contributed by atoms with Crippen LogP contribution in [0, 0.1) is 0 Å². The van der Waals surface area contributed by atoms with E-state index in [0.717, 1.165) is 25.8 Å². The molecule has 13 N–H and O–H groups in total. The molecule has 0 aliphatic rings. The molecule has 0 aliphatic carbocycles. The van der Waals surface area contributed by atoms with Crippen molar-refractivity contribution in [3.8, 4) is 0 Å². The second-order valence-electron chi connectivity index (χ2n) is 23.6. The molecule has 1 unspecified atom stereocenters. The van der Waals surface area contributed by atoms with Gasteiger partial charge in [-0.3, -0.25) is 24.0 Å². The molecule has 68 heavy (non-hydrogen) atoms. The zero-order valence-electron chi connectivity index (χ0n) is 46.0. The first kappa shape index (κ1) is 67.1. The number of amides is 5. The molecule has 0 spiro atoms. The van der Waals surface area contributed by atoms with Gasteiger partial charge in [-0.25, -0.2) is 0 Å². The van der Waals surface area contributed by atoms with Gasteiger partial charge < -0.3 is 68.5 Å². The highest BCUT2D eigenvalue weighted by Gasteiger charge is 2.29. The topological polar surface area (TPSA) is 286 Å². The molecule has 1 atom stereocenters. The Kier molecular flexibility index (Phi) is 30.3. The fraction of sp³-hybridized carbons (Fsp3) is 0.900. The number of rotatable bonds is 35. The summed E-state index contributed by atoms with van der Waals surface area (Å²) in [6.45, 7) is 34.8. The monoisotopic (exact) mass is 974 g/mol. The van der Waals surface area contributed by atoms with Crippen LogP contribution < -0.4 is 49.5 Å². The van der Waals surface area contributed by atoms with Crippen molar-refractivity contribution >= 4 is 29.5 Å². The summed E-state index contributed by atoms with van der Waals surface area (Å²) in [4.78, 5) is 63.4. The predicted octanol–water partition coefficient (Wildman–Crippen LogP) is 4.71. The Morgan fingerprint density at radius 3 is 1.24 bits per heavy atom. The molecule has 0 fully saturated rings. The molecular formula is C50H103N9O9. The van der Waals surface area contributed by atoms with Gasteiger partial charge in [0, 0.05) is 55.1 Å². The van der Waals surface area contributed by atoms with Gasteiger partial charge in [0.1, 0.15) is 11.8 Å². The molecule has 18 heteroatoms. The van der Waals surface area contributed by atoms with E-state index in [2.05, 4.69) is 33.5 Å². The summed E-state index contributed by atoms with van der Waals surface area (Å²) in [6.07, 6.45) is 6.72. The Morgan fingerprint density at radius 1 is 0.471 bits per heavy atom. The van der Waals surface area contributed by atoms with Crippen molar-refractivity contribution in [2.75, 3.05) is 46.1 Å². The standard InChI is InChI=1S/C36H73N7O7.C14H30N2O2/c1-31(2,37)16-20-48-34(7,8)23-27(44)40-19-14-13-15-26(42-28(45)24-35(9,10)49-21-17-32(3,4)38)30(47)41-25-29(46)43-33(5,6)18-22-50-36(11,12)39;1-6-7-9-16-12(17)11-14(4,5)18-10-8-13(2,3)15/h26H,13-25,37-39H2,1-12H3,(H,40,44)(H,41,47)(H,42,45)(H,43,46);6-11,15H2,1-5H3,(H,16,17). The van der Waals surface area contributed by atoms with Crippen molar-refractivity contribution in [3.63, 3.8) is 0 Å². The van der Waals surface area contributed by atoms with Crippen LogP contribution in [0.5, 0.6) is 0 Å². The SMILES string of the molecule is CC(C)(N)CCOC(C)(C)CC(=O)NCCCCC(NC(=O)CC(C)(C)OCCC(C)(C)N)C(=O)NCC(=O)NC(C)(C)CCOC(C)(C)N.CCCCNC(=O)CC(C)(C)OCCC(C)(C)N. The summed E-state index contributed by atoms with van der Waals surface area (Å²) in [7, 11) is 0. The molecule has 0 aromatic heterocycles. The number of ether oxygens (including phenoxy) is 4. The van der Waals surface area contributed by atoms with Crippen molar-refractivity contribution in [1.82, 2.24) is 26.6 Å². The molecule has 0 heterocycles. The Morgan fingerprint density at radius 2 is 0.853 bits per heavy atom. The number of hydrogen-bond donors (Lipinski definition) is 9. The van der Waals surface area contributed by atoms with E-state index in [-0.39, 0.29) is 54.1 Å². The van der Waals surface area contributed by atoms with Crippen LogP contribution in [0.3, 0.4) is 0 Å². The number of carbonyl (C=O) groups is 5. The molecule has 0 rings (SSSR count). The molecule has 0 aliphatic heterocycles. The van der Waals surface area contributed by atoms with Crippen molar-refractivity contribution in [2.24, 2.45) is 22.9 Å². The summed E-state index contributed by atoms with van der Waals surface area (Å²) in [5.41, 5.74) is 19.6. The maximum absolute atomic E-state index is 13.3. The van der Waals surface area contributed by atoms with Crippen LogP contribution >= 0.6 is 0 Å². The average Bonchev–Trinajstić information content (AvgIpc) is 3.10. The fourth-order valence-corrected chi connectivity index (χ4v) is 6.17. The Hall–Kier alpha value is -2.97. The Balaban J connectivity index is 0. The van der Waals surface area contributed by atoms with Gasteiger partial charge in [-0.2, -0.15) is 0 Å². The lowest BCUT2D eigenvalue weighted by Gasteiger charge is -2.29. The minimum Gasteiger partial charge on any atom is -0.375 e. The first-order valence-electron chi connectivity index (χ1n) is 24.8. The van der Waals surface area contributed by atoms with Gasteiger partial charge >= 0.3 is 0 Å². The van der Waals surface area contributed by atoms with Crippen LogP contribution in [0.15, 0.2) is 0 Å². The molecule has 0 saturated carbocycles. The number of nitrogens with one attached hydrogen (secondary N) is 5. The molecule has 0 bridgehead atoms. The summed E-state index contributed by atoms with van der Waals surface area (Å²) < 4.78 is 23.1. The molecule has 0 aromatic rings. The Labute approximate surface area is 412 Å². The highest BCUT2D eigenvalue weighted by Crippen LogP contribution is 2.19. The van der Waals surface area contributed by atoms with E-state index in [4.69, 9.17) is 41.9 Å². The minimum absolute atomic E-state index is 0.0226. The minimum atomic E-state index is -0.892. The van der Waals surface area contributed by atoms with Gasteiger partial charge in [0.05, 0.1) is 49.2 Å². The van der Waals surface area contributed by atoms with Crippen LogP contribution in [0.25, 0.3) is 0 Å². The van der Waals surface area contributed by atoms with Gasteiger partial charge in [-0.15, -0.1) is 0 Å². The Bertz CT molecular complexity index is 1480. The predicted molar refractivity (Wildman–Crippen MR) is 273 cm³/mol. The fourth-order valence-electron chi connectivity index (χ4n) is 6.17. The van der Waals surface area contributed by atoms with E-state index in [1.165, 1.54) is 0 Å². The summed E-state index contributed by atoms with van der Waals surface area (Å²) in [5, 5.41) is 14.2. The number of carbonyl (C=O) groups excluding carboxylic acids is 5.